The van der Waals surface area contributed by atoms with Crippen molar-refractivity contribution in [2.75, 3.05) is 0 Å². The van der Waals surface area contributed by atoms with Gasteiger partial charge in [-0.3, -0.25) is 0 Å². The summed E-state index contributed by atoms with van der Waals surface area (Å²) in [6.45, 7) is 13.7. The van der Waals surface area contributed by atoms with Crippen molar-refractivity contribution in [1.29, 1.82) is 10.5 Å². The predicted octanol–water partition coefficient (Wildman–Crippen LogP) is 6.53. The molecule has 3 aliphatic rings. The highest BCUT2D eigenvalue weighted by Crippen LogP contribution is 2.41. The summed E-state index contributed by atoms with van der Waals surface area (Å²) >= 11 is 0. The zero-order valence-corrected chi connectivity index (χ0v) is 21.0. The second kappa shape index (κ2) is 11.2. The smallest absolute Gasteiger partial charge is 0.0947 e. The van der Waals surface area contributed by atoms with Crippen molar-refractivity contribution in [3.05, 3.63) is 12.2 Å². The number of nitrogens with zero attached hydrogens (tertiary/aromatic N) is 2. The van der Waals surface area contributed by atoms with Gasteiger partial charge in [0.2, 0.25) is 0 Å². The summed E-state index contributed by atoms with van der Waals surface area (Å²) in [7, 11) is 0. The molecule has 2 saturated carbocycles. The zero-order chi connectivity index (χ0) is 23.4. The van der Waals surface area contributed by atoms with Gasteiger partial charge in [0.05, 0.1) is 48.4 Å². The van der Waals surface area contributed by atoms with Gasteiger partial charge >= 0.3 is 0 Å². The monoisotopic (exact) mass is 440 g/mol. The summed E-state index contributed by atoms with van der Waals surface area (Å²) in [5, 5.41) is 20.1. The maximum absolute atomic E-state index is 10.1. The lowest BCUT2D eigenvalue weighted by atomic mass is 9.74. The Morgan fingerprint density at radius 2 is 1.06 bits per heavy atom. The quantitative estimate of drug-likeness (QED) is 0.441. The van der Waals surface area contributed by atoms with Gasteiger partial charge in [0.15, 0.2) is 0 Å². The lowest BCUT2D eigenvalue weighted by Gasteiger charge is -2.43. The van der Waals surface area contributed by atoms with E-state index in [1.54, 1.807) is 0 Å². The minimum Gasteiger partial charge on any atom is -0.369 e. The van der Waals surface area contributed by atoms with Gasteiger partial charge in [0.1, 0.15) is 0 Å². The van der Waals surface area contributed by atoms with Gasteiger partial charge in [-0.25, -0.2) is 0 Å². The van der Waals surface area contributed by atoms with Crippen LogP contribution >= 0.6 is 0 Å². The second-order valence-electron chi connectivity index (χ2n) is 11.6. The first-order chi connectivity index (χ1) is 15.2. The van der Waals surface area contributed by atoms with Crippen LogP contribution in [0.2, 0.25) is 0 Å². The van der Waals surface area contributed by atoms with E-state index in [0.29, 0.717) is 35.5 Å². The first-order valence-corrected chi connectivity index (χ1v) is 13.0. The summed E-state index contributed by atoms with van der Waals surface area (Å²) in [5.41, 5.74) is 0. The third-order valence-corrected chi connectivity index (χ3v) is 8.47. The second-order valence-corrected chi connectivity index (χ2v) is 11.6. The minimum absolute atomic E-state index is 0.158. The summed E-state index contributed by atoms with van der Waals surface area (Å²) in [6, 6.07) is 4.86. The molecule has 32 heavy (non-hydrogen) atoms. The van der Waals surface area contributed by atoms with Crippen molar-refractivity contribution in [3.63, 3.8) is 0 Å². The van der Waals surface area contributed by atoms with Crippen LogP contribution in [0, 0.1) is 70.0 Å². The summed E-state index contributed by atoms with van der Waals surface area (Å²) in [5.74, 6) is 2.47. The van der Waals surface area contributed by atoms with E-state index in [9.17, 15) is 10.5 Å². The van der Waals surface area contributed by atoms with Gasteiger partial charge in [0.25, 0.3) is 0 Å². The van der Waals surface area contributed by atoms with Crippen molar-refractivity contribution in [2.45, 2.75) is 104 Å². The number of nitriles is 2. The molecule has 0 aromatic rings. The van der Waals surface area contributed by atoms with Crippen molar-refractivity contribution in [3.8, 4) is 12.1 Å². The molecule has 0 aromatic heterocycles. The Morgan fingerprint density at radius 3 is 1.38 bits per heavy atom. The van der Waals surface area contributed by atoms with E-state index in [2.05, 4.69) is 53.7 Å². The zero-order valence-electron chi connectivity index (χ0n) is 21.0. The van der Waals surface area contributed by atoms with E-state index < -0.39 is 11.8 Å². The van der Waals surface area contributed by atoms with Crippen LogP contribution in [0.5, 0.6) is 0 Å². The maximum atomic E-state index is 10.1. The first kappa shape index (κ1) is 25.3. The number of ether oxygens (including phenoxy) is 2. The number of hydrogen-bond acceptors (Lipinski definition) is 4. The van der Waals surface area contributed by atoms with Gasteiger partial charge in [-0.05, 0) is 61.2 Å². The third-order valence-electron chi connectivity index (χ3n) is 8.47. The molecule has 0 N–H and O–H groups in total. The van der Waals surface area contributed by atoms with Crippen LogP contribution in [0.1, 0.15) is 80.1 Å². The normalized spacial score (nSPS) is 42.6. The number of hydrogen-bond donors (Lipinski definition) is 0. The van der Waals surface area contributed by atoms with Crippen LogP contribution in [0.3, 0.4) is 0 Å². The van der Waals surface area contributed by atoms with Gasteiger partial charge in [0, 0.05) is 0 Å². The molecule has 2 fully saturated rings. The topological polar surface area (TPSA) is 66.0 Å². The highest BCUT2D eigenvalue weighted by molar-refractivity contribution is 5.19. The molecule has 0 saturated heterocycles. The fraction of sp³-hybridized carbons (Fsp3) is 0.857. The third kappa shape index (κ3) is 5.76. The van der Waals surface area contributed by atoms with E-state index in [1.807, 2.05) is 12.2 Å². The molecule has 10 atom stereocenters. The van der Waals surface area contributed by atoms with E-state index in [1.165, 1.54) is 25.7 Å². The van der Waals surface area contributed by atoms with E-state index in [0.717, 1.165) is 12.8 Å². The number of rotatable bonds is 6. The molecule has 3 rings (SSSR count). The summed E-state index contributed by atoms with van der Waals surface area (Å²) in [4.78, 5) is 0. The average Bonchev–Trinajstić information content (AvgIpc) is 2.74. The Kier molecular flexibility index (Phi) is 8.82. The van der Waals surface area contributed by atoms with E-state index in [4.69, 9.17) is 9.47 Å². The van der Waals surface area contributed by atoms with E-state index in [-0.39, 0.29) is 24.4 Å². The SMILES string of the molecule is CC1CCC(C(C)C)C(O[C@H]2C=C[C@@H](OC3CC(C)CCC3C(C)C)[C@@H](C#N)[C@@H]2C#N)C1. The summed E-state index contributed by atoms with van der Waals surface area (Å²) < 4.78 is 13.2. The molecule has 4 heteroatoms. The summed E-state index contributed by atoms with van der Waals surface area (Å²) in [6.07, 6.45) is 10.7. The Labute approximate surface area is 196 Å². The first-order valence-electron chi connectivity index (χ1n) is 13.0. The van der Waals surface area contributed by atoms with Crippen LogP contribution in [0.25, 0.3) is 0 Å². The lowest BCUT2D eigenvalue weighted by molar-refractivity contribution is -0.111. The van der Waals surface area contributed by atoms with Crippen LogP contribution in [-0.4, -0.2) is 24.4 Å². The molecule has 0 amide bonds. The highest BCUT2D eigenvalue weighted by atomic mass is 16.5. The lowest BCUT2D eigenvalue weighted by Crippen LogP contribution is -2.45. The van der Waals surface area contributed by atoms with Gasteiger partial charge in [-0.2, -0.15) is 10.5 Å². The van der Waals surface area contributed by atoms with Gasteiger partial charge in [-0.15, -0.1) is 0 Å². The molecular weight excluding hydrogens is 396 g/mol. The average molecular weight is 441 g/mol. The largest absolute Gasteiger partial charge is 0.369 e. The van der Waals surface area contributed by atoms with Crippen LogP contribution in [-0.2, 0) is 9.47 Å². The fourth-order valence-electron chi connectivity index (χ4n) is 6.38. The van der Waals surface area contributed by atoms with Gasteiger partial charge < -0.3 is 9.47 Å². The molecule has 0 spiro atoms. The predicted molar refractivity (Wildman–Crippen MR) is 127 cm³/mol. The molecule has 3 aliphatic carbocycles. The van der Waals surface area contributed by atoms with Crippen molar-refractivity contribution < 1.29 is 9.47 Å². The molecule has 0 aromatic carbocycles. The molecule has 178 valence electrons. The standard InChI is InChI=1S/C28H44N2O2/c1-17(2)21-9-7-19(5)13-27(21)31-25-11-12-26(24(16-30)23(25)15-29)32-28-14-20(6)8-10-22(28)18(3)4/h11-12,17-28H,7-10,13-14H2,1-6H3/t19?,20?,21?,22?,23-,24-,25-,26+,27?,28?/m0/s1. The fourth-order valence-corrected chi connectivity index (χ4v) is 6.38. The minimum atomic E-state index is -0.487. The van der Waals surface area contributed by atoms with Crippen LogP contribution in [0.15, 0.2) is 12.2 Å². The van der Waals surface area contributed by atoms with Crippen molar-refractivity contribution in [1.82, 2.24) is 0 Å². The van der Waals surface area contributed by atoms with Crippen molar-refractivity contribution >= 4 is 0 Å². The molecule has 0 radical (unpaired) electrons. The molecular formula is C28H44N2O2. The Morgan fingerprint density at radius 1 is 0.688 bits per heavy atom. The Balaban J connectivity index is 1.76. The maximum Gasteiger partial charge on any atom is 0.0947 e. The highest BCUT2D eigenvalue weighted by Gasteiger charge is 2.43. The van der Waals surface area contributed by atoms with Crippen molar-refractivity contribution in [2.24, 2.45) is 47.3 Å². The Hall–Kier alpha value is -1.36. The molecule has 6 unspecified atom stereocenters. The van der Waals surface area contributed by atoms with E-state index >= 15 is 0 Å². The molecule has 0 heterocycles. The van der Waals surface area contributed by atoms with Crippen LogP contribution < -0.4 is 0 Å². The molecule has 4 nitrogen and oxygen atoms in total. The van der Waals surface area contributed by atoms with Crippen LogP contribution in [0.4, 0.5) is 0 Å². The molecule has 0 bridgehead atoms. The van der Waals surface area contributed by atoms with Gasteiger partial charge in [-0.1, -0.05) is 66.5 Å². The molecule has 0 aliphatic heterocycles. The Bertz CT molecular complexity index is 658.